The molecule has 0 aliphatic heterocycles. The monoisotopic (exact) mass is 421 g/mol. The maximum atomic E-state index is 12.4. The molecular formula is C23H23N3O5. The summed E-state index contributed by atoms with van der Waals surface area (Å²) >= 11 is 0. The average molecular weight is 421 g/mol. The molecule has 0 aliphatic carbocycles. The van der Waals surface area contributed by atoms with Gasteiger partial charge in [0.1, 0.15) is 23.9 Å². The number of benzene rings is 2. The number of carbonyl (C=O) groups is 2. The first-order valence-electron chi connectivity index (χ1n) is 9.78. The van der Waals surface area contributed by atoms with Crippen LogP contribution >= 0.6 is 0 Å². The fourth-order valence-electron chi connectivity index (χ4n) is 2.79. The third kappa shape index (κ3) is 6.02. The Balaban J connectivity index is 1.70. The van der Waals surface area contributed by atoms with E-state index in [9.17, 15) is 14.7 Å². The van der Waals surface area contributed by atoms with E-state index < -0.39 is 11.9 Å². The van der Waals surface area contributed by atoms with Gasteiger partial charge in [-0.25, -0.2) is 9.97 Å². The molecule has 1 aromatic heterocycles. The minimum absolute atomic E-state index is 0.184. The molecule has 0 atom stereocenters. The van der Waals surface area contributed by atoms with E-state index in [0.717, 1.165) is 11.3 Å². The summed E-state index contributed by atoms with van der Waals surface area (Å²) in [7, 11) is 0. The lowest BCUT2D eigenvalue weighted by Crippen LogP contribution is -2.31. The molecule has 0 aliphatic rings. The third-order valence-electron chi connectivity index (χ3n) is 4.28. The van der Waals surface area contributed by atoms with Crippen molar-refractivity contribution in [3.05, 3.63) is 77.4 Å². The van der Waals surface area contributed by atoms with Gasteiger partial charge in [0.05, 0.1) is 12.3 Å². The summed E-state index contributed by atoms with van der Waals surface area (Å²) in [5.74, 6) is 0.232. The summed E-state index contributed by atoms with van der Waals surface area (Å²) in [6.45, 7) is 3.16. The Labute approximate surface area is 179 Å². The van der Waals surface area contributed by atoms with Crippen LogP contribution in [0.25, 0.3) is 0 Å². The number of aromatic nitrogens is 2. The lowest BCUT2D eigenvalue weighted by Gasteiger charge is -2.10. The number of aromatic hydroxyl groups is 1. The summed E-state index contributed by atoms with van der Waals surface area (Å²) in [5, 5.41) is 12.6. The molecule has 0 bridgehead atoms. The minimum atomic E-state index is -0.677. The normalized spacial score (nSPS) is 10.4. The smallest absolute Gasteiger partial charge is 0.325 e. The van der Waals surface area contributed by atoms with Gasteiger partial charge in [0.15, 0.2) is 11.4 Å². The molecule has 0 unspecified atom stereocenters. The van der Waals surface area contributed by atoms with Crippen LogP contribution < -0.4 is 10.1 Å². The van der Waals surface area contributed by atoms with Crippen molar-refractivity contribution in [1.82, 2.24) is 15.3 Å². The maximum absolute atomic E-state index is 12.4. The van der Waals surface area contributed by atoms with Crippen molar-refractivity contribution < 1.29 is 24.2 Å². The third-order valence-corrected chi connectivity index (χ3v) is 4.28. The molecular weight excluding hydrogens is 398 g/mol. The van der Waals surface area contributed by atoms with Crippen LogP contribution in [0, 0.1) is 6.92 Å². The molecule has 0 spiro atoms. The van der Waals surface area contributed by atoms with Crippen LogP contribution in [0.5, 0.6) is 17.2 Å². The molecule has 31 heavy (non-hydrogen) atoms. The van der Waals surface area contributed by atoms with E-state index in [2.05, 4.69) is 15.3 Å². The Morgan fingerprint density at radius 1 is 1.00 bits per heavy atom. The number of amides is 1. The second-order valence-corrected chi connectivity index (χ2v) is 6.65. The van der Waals surface area contributed by atoms with Gasteiger partial charge in [-0.05, 0) is 43.7 Å². The fourth-order valence-corrected chi connectivity index (χ4v) is 2.79. The van der Waals surface area contributed by atoms with E-state index in [1.54, 1.807) is 13.8 Å². The summed E-state index contributed by atoms with van der Waals surface area (Å²) < 4.78 is 10.6. The number of rotatable bonds is 8. The number of nitrogens with zero attached hydrogens (tertiary/aromatic N) is 2. The Hall–Kier alpha value is -3.94. The quantitative estimate of drug-likeness (QED) is 0.538. The molecule has 1 heterocycles. The first-order valence-corrected chi connectivity index (χ1v) is 9.78. The van der Waals surface area contributed by atoms with Crippen LogP contribution in [0.4, 0.5) is 0 Å². The molecule has 2 aromatic carbocycles. The number of esters is 1. The number of nitrogens with one attached hydrogen (secondary N) is 1. The van der Waals surface area contributed by atoms with E-state index in [-0.39, 0.29) is 30.3 Å². The first kappa shape index (κ1) is 21.8. The molecule has 8 heteroatoms. The van der Waals surface area contributed by atoms with Crippen LogP contribution in [0.1, 0.15) is 34.5 Å². The predicted octanol–water partition coefficient (Wildman–Crippen LogP) is 3.17. The summed E-state index contributed by atoms with van der Waals surface area (Å²) in [5.41, 5.74) is 0.995. The Morgan fingerprint density at radius 3 is 2.35 bits per heavy atom. The highest BCUT2D eigenvalue weighted by atomic mass is 16.5. The number of ether oxygens (including phenoxy) is 2. The lowest BCUT2D eigenvalue weighted by molar-refractivity contribution is -0.141. The number of hydrogen-bond acceptors (Lipinski definition) is 7. The van der Waals surface area contributed by atoms with Crippen LogP contribution in [-0.2, 0) is 16.0 Å². The van der Waals surface area contributed by atoms with Gasteiger partial charge in [0, 0.05) is 6.42 Å². The summed E-state index contributed by atoms with van der Waals surface area (Å²) in [6.07, 6.45) is 0.352. The highest BCUT2D eigenvalue weighted by Gasteiger charge is 2.19. The zero-order valence-corrected chi connectivity index (χ0v) is 17.3. The summed E-state index contributed by atoms with van der Waals surface area (Å²) in [4.78, 5) is 32.3. The van der Waals surface area contributed by atoms with Gasteiger partial charge in [-0.1, -0.05) is 30.3 Å². The lowest BCUT2D eigenvalue weighted by atomic mass is 10.1. The zero-order valence-electron chi connectivity index (χ0n) is 17.3. The SMILES string of the molecule is CCOC(=O)CNC(=O)c1nc(Cc2ccc(Oc3ccccc3)cc2)nc(C)c1O. The van der Waals surface area contributed by atoms with E-state index in [1.807, 2.05) is 54.6 Å². The highest BCUT2D eigenvalue weighted by molar-refractivity contribution is 5.96. The van der Waals surface area contributed by atoms with Crippen LogP contribution in [0.15, 0.2) is 54.6 Å². The number of aryl methyl sites for hydroxylation is 1. The first-order chi connectivity index (χ1) is 15.0. The van der Waals surface area contributed by atoms with Crippen molar-refractivity contribution in [2.45, 2.75) is 20.3 Å². The van der Waals surface area contributed by atoms with Gasteiger partial charge in [-0.3, -0.25) is 9.59 Å². The summed E-state index contributed by atoms with van der Waals surface area (Å²) in [6, 6.07) is 16.9. The van der Waals surface area contributed by atoms with E-state index in [1.165, 1.54) is 0 Å². The number of hydrogen-bond donors (Lipinski definition) is 2. The minimum Gasteiger partial charge on any atom is -0.504 e. The van der Waals surface area contributed by atoms with Crippen LogP contribution in [0.2, 0.25) is 0 Å². The molecule has 0 radical (unpaired) electrons. The molecule has 0 fully saturated rings. The van der Waals surface area contributed by atoms with Crippen LogP contribution in [0.3, 0.4) is 0 Å². The van der Waals surface area contributed by atoms with E-state index in [0.29, 0.717) is 18.0 Å². The van der Waals surface area contributed by atoms with Gasteiger partial charge < -0.3 is 19.9 Å². The highest BCUT2D eigenvalue weighted by Crippen LogP contribution is 2.23. The topological polar surface area (TPSA) is 111 Å². The second-order valence-electron chi connectivity index (χ2n) is 6.65. The van der Waals surface area contributed by atoms with Gasteiger partial charge in [0.25, 0.3) is 5.91 Å². The molecule has 8 nitrogen and oxygen atoms in total. The Kier molecular flexibility index (Phi) is 7.16. The van der Waals surface area contributed by atoms with Gasteiger partial charge in [-0.15, -0.1) is 0 Å². The second kappa shape index (κ2) is 10.2. The Bertz CT molecular complexity index is 1050. The molecule has 0 saturated carbocycles. The van der Waals surface area contributed by atoms with Crippen molar-refractivity contribution in [2.24, 2.45) is 0 Å². The van der Waals surface area contributed by atoms with Crippen LogP contribution in [-0.4, -0.2) is 40.1 Å². The van der Waals surface area contributed by atoms with Gasteiger partial charge in [-0.2, -0.15) is 0 Å². The van der Waals surface area contributed by atoms with Gasteiger partial charge in [0.2, 0.25) is 0 Å². The maximum Gasteiger partial charge on any atom is 0.325 e. The predicted molar refractivity (Wildman–Crippen MR) is 113 cm³/mol. The molecule has 3 aromatic rings. The molecule has 2 N–H and O–H groups in total. The van der Waals surface area contributed by atoms with E-state index >= 15 is 0 Å². The number of carbonyl (C=O) groups excluding carboxylic acids is 2. The largest absolute Gasteiger partial charge is 0.504 e. The van der Waals surface area contributed by atoms with Crippen molar-refractivity contribution >= 4 is 11.9 Å². The van der Waals surface area contributed by atoms with Gasteiger partial charge >= 0.3 is 5.97 Å². The Morgan fingerprint density at radius 2 is 1.68 bits per heavy atom. The molecule has 3 rings (SSSR count). The molecule has 160 valence electrons. The van der Waals surface area contributed by atoms with Crippen molar-refractivity contribution in [3.63, 3.8) is 0 Å². The fraction of sp³-hybridized carbons (Fsp3) is 0.217. The molecule has 0 saturated heterocycles. The van der Waals surface area contributed by atoms with Crippen molar-refractivity contribution in [1.29, 1.82) is 0 Å². The standard InChI is InChI=1S/C23H23N3O5/c1-3-30-20(27)14-24-23(29)21-22(28)15(2)25-19(26-21)13-16-9-11-18(12-10-16)31-17-7-5-4-6-8-17/h4-12,28H,3,13-14H2,1-2H3,(H,24,29). The average Bonchev–Trinajstić information content (AvgIpc) is 2.77. The number of para-hydroxylation sites is 1. The molecule has 1 amide bonds. The van der Waals surface area contributed by atoms with E-state index in [4.69, 9.17) is 9.47 Å². The zero-order chi connectivity index (χ0) is 22.2. The van der Waals surface area contributed by atoms with Crippen molar-refractivity contribution in [3.8, 4) is 17.2 Å². The van der Waals surface area contributed by atoms with Crippen molar-refractivity contribution in [2.75, 3.05) is 13.2 Å².